The molecule has 0 spiro atoms. The molecule has 0 atom stereocenters. The van der Waals surface area contributed by atoms with Crippen LogP contribution < -0.4 is 14.8 Å². The van der Waals surface area contributed by atoms with Crippen LogP contribution in [-0.2, 0) is 19.6 Å². The maximum atomic E-state index is 12.5. The summed E-state index contributed by atoms with van der Waals surface area (Å²) in [6, 6.07) is 11.8. The molecule has 30 heavy (non-hydrogen) atoms. The Bertz CT molecular complexity index is 978. The molecule has 0 aliphatic rings. The second-order valence-corrected chi connectivity index (χ2v) is 9.14. The van der Waals surface area contributed by atoms with Crippen molar-refractivity contribution in [2.24, 2.45) is 0 Å². The fraction of sp³-hybridized carbons (Fsp3) is 0.333. The molecule has 0 fully saturated rings. The van der Waals surface area contributed by atoms with E-state index < -0.39 is 34.0 Å². The van der Waals surface area contributed by atoms with Crippen LogP contribution in [0, 0.1) is 0 Å². The van der Waals surface area contributed by atoms with Crippen molar-refractivity contribution in [2.45, 2.75) is 38.1 Å². The summed E-state index contributed by atoms with van der Waals surface area (Å²) in [6.45, 7) is 7.38. The van der Waals surface area contributed by atoms with E-state index in [1.807, 2.05) is 27.7 Å². The highest BCUT2D eigenvalue weighted by molar-refractivity contribution is 7.92. The third kappa shape index (κ3) is 7.07. The predicted octanol–water partition coefficient (Wildman–Crippen LogP) is 2.96. The zero-order valence-electron chi connectivity index (χ0n) is 17.4. The normalized spacial score (nSPS) is 11.5. The molecule has 2 aromatic rings. The molecule has 2 aromatic carbocycles. The Kier molecular flexibility index (Phi) is 7.44. The molecule has 0 bridgehead atoms. The molecule has 0 aliphatic carbocycles. The molecule has 162 valence electrons. The van der Waals surface area contributed by atoms with E-state index in [0.717, 1.165) is 0 Å². The van der Waals surface area contributed by atoms with Crippen molar-refractivity contribution in [1.29, 1.82) is 0 Å². The Hall–Kier alpha value is -3.07. The largest absolute Gasteiger partial charge is 0.494 e. The zero-order chi connectivity index (χ0) is 22.4. The first-order valence-corrected chi connectivity index (χ1v) is 10.8. The van der Waals surface area contributed by atoms with Gasteiger partial charge in [-0.15, -0.1) is 0 Å². The van der Waals surface area contributed by atoms with Crippen LogP contribution in [0.5, 0.6) is 5.75 Å². The van der Waals surface area contributed by atoms with Gasteiger partial charge in [-0.25, -0.2) is 13.2 Å². The monoisotopic (exact) mass is 434 g/mol. The topological polar surface area (TPSA) is 111 Å². The first kappa shape index (κ1) is 23.2. The second-order valence-electron chi connectivity index (χ2n) is 7.46. The van der Waals surface area contributed by atoms with E-state index in [2.05, 4.69) is 10.0 Å². The molecule has 0 aromatic heterocycles. The number of rotatable bonds is 8. The van der Waals surface area contributed by atoms with Gasteiger partial charge < -0.3 is 14.8 Å². The highest BCUT2D eigenvalue weighted by atomic mass is 32.2. The van der Waals surface area contributed by atoms with Gasteiger partial charge in [-0.3, -0.25) is 9.52 Å². The molecule has 0 heterocycles. The number of amides is 1. The van der Waals surface area contributed by atoms with Crippen LogP contribution in [0.4, 0.5) is 5.69 Å². The van der Waals surface area contributed by atoms with Gasteiger partial charge in [0.2, 0.25) is 0 Å². The van der Waals surface area contributed by atoms with Gasteiger partial charge >= 0.3 is 5.97 Å². The molecule has 2 rings (SSSR count). The third-order valence-electron chi connectivity index (χ3n) is 3.67. The average Bonchev–Trinajstić information content (AvgIpc) is 2.66. The first-order chi connectivity index (χ1) is 14.0. The van der Waals surface area contributed by atoms with Crippen molar-refractivity contribution in [3.63, 3.8) is 0 Å². The Morgan fingerprint density at radius 1 is 0.967 bits per heavy atom. The highest BCUT2D eigenvalue weighted by Gasteiger charge is 2.17. The quantitative estimate of drug-likeness (QED) is 0.618. The van der Waals surface area contributed by atoms with Crippen molar-refractivity contribution >= 4 is 27.6 Å². The lowest BCUT2D eigenvalue weighted by Crippen LogP contribution is -2.42. The average molecular weight is 435 g/mol. The van der Waals surface area contributed by atoms with Crippen LogP contribution in [0.2, 0.25) is 0 Å². The van der Waals surface area contributed by atoms with Gasteiger partial charge in [0.25, 0.3) is 15.9 Å². The molecule has 9 heteroatoms. The van der Waals surface area contributed by atoms with E-state index in [-0.39, 0.29) is 16.1 Å². The van der Waals surface area contributed by atoms with Crippen LogP contribution in [0.3, 0.4) is 0 Å². The van der Waals surface area contributed by atoms with Crippen molar-refractivity contribution in [3.8, 4) is 5.75 Å². The Morgan fingerprint density at radius 3 is 2.10 bits per heavy atom. The molecular weight excluding hydrogens is 408 g/mol. The summed E-state index contributed by atoms with van der Waals surface area (Å²) in [6.07, 6.45) is 0. The highest BCUT2D eigenvalue weighted by Crippen LogP contribution is 2.20. The van der Waals surface area contributed by atoms with E-state index in [1.54, 1.807) is 12.1 Å². The molecule has 0 saturated heterocycles. The molecule has 0 aliphatic heterocycles. The standard InChI is InChI=1S/C21H26N2O6S/c1-5-28-17-10-12-18(13-11-17)30(26,27)23-16-8-6-15(7-9-16)20(25)29-14-19(24)22-21(2,3)4/h6-13,23H,5,14H2,1-4H3,(H,22,24). The van der Waals surface area contributed by atoms with Gasteiger partial charge in [0.15, 0.2) is 6.61 Å². The van der Waals surface area contributed by atoms with Crippen LogP contribution in [-0.4, -0.2) is 39.0 Å². The van der Waals surface area contributed by atoms with E-state index in [1.165, 1.54) is 36.4 Å². The lowest BCUT2D eigenvalue weighted by Gasteiger charge is -2.20. The molecule has 0 saturated carbocycles. The molecular formula is C21H26N2O6S. The van der Waals surface area contributed by atoms with Gasteiger partial charge in [0.1, 0.15) is 5.75 Å². The number of nitrogens with one attached hydrogen (secondary N) is 2. The van der Waals surface area contributed by atoms with E-state index in [0.29, 0.717) is 12.4 Å². The first-order valence-electron chi connectivity index (χ1n) is 9.34. The van der Waals surface area contributed by atoms with Gasteiger partial charge in [0, 0.05) is 11.2 Å². The van der Waals surface area contributed by atoms with Crippen LogP contribution in [0.25, 0.3) is 0 Å². The molecule has 0 unspecified atom stereocenters. The Balaban J connectivity index is 1.97. The number of hydrogen-bond acceptors (Lipinski definition) is 6. The number of sulfonamides is 1. The summed E-state index contributed by atoms with van der Waals surface area (Å²) in [4.78, 5) is 23.9. The lowest BCUT2D eigenvalue weighted by molar-refractivity contribution is -0.125. The summed E-state index contributed by atoms with van der Waals surface area (Å²) >= 11 is 0. The minimum Gasteiger partial charge on any atom is -0.494 e. The number of benzene rings is 2. The van der Waals surface area contributed by atoms with Gasteiger partial charge in [-0.1, -0.05) is 0 Å². The summed E-state index contributed by atoms with van der Waals surface area (Å²) in [5.74, 6) is -0.508. The molecule has 1 amide bonds. The van der Waals surface area contributed by atoms with Gasteiger partial charge in [-0.2, -0.15) is 0 Å². The van der Waals surface area contributed by atoms with Crippen molar-refractivity contribution in [3.05, 3.63) is 54.1 Å². The maximum absolute atomic E-state index is 12.5. The second kappa shape index (κ2) is 9.62. The van der Waals surface area contributed by atoms with Crippen molar-refractivity contribution < 1.29 is 27.5 Å². The van der Waals surface area contributed by atoms with Crippen LogP contribution in [0.1, 0.15) is 38.1 Å². The smallest absolute Gasteiger partial charge is 0.338 e. The Labute approximate surface area is 176 Å². The zero-order valence-corrected chi connectivity index (χ0v) is 18.2. The molecule has 8 nitrogen and oxygen atoms in total. The van der Waals surface area contributed by atoms with E-state index in [9.17, 15) is 18.0 Å². The third-order valence-corrected chi connectivity index (χ3v) is 5.06. The fourth-order valence-electron chi connectivity index (χ4n) is 2.44. The summed E-state index contributed by atoms with van der Waals surface area (Å²) in [5, 5.41) is 2.69. The van der Waals surface area contributed by atoms with Crippen molar-refractivity contribution in [2.75, 3.05) is 17.9 Å². The van der Waals surface area contributed by atoms with Gasteiger partial charge in [-0.05, 0) is 76.2 Å². The SMILES string of the molecule is CCOc1ccc(S(=O)(=O)Nc2ccc(C(=O)OCC(=O)NC(C)(C)C)cc2)cc1. The number of ether oxygens (including phenoxy) is 2. The minimum atomic E-state index is -3.79. The number of anilines is 1. The number of hydrogen-bond donors (Lipinski definition) is 2. The van der Waals surface area contributed by atoms with Crippen LogP contribution >= 0.6 is 0 Å². The lowest BCUT2D eigenvalue weighted by atomic mass is 10.1. The fourth-order valence-corrected chi connectivity index (χ4v) is 3.50. The molecule has 0 radical (unpaired) electrons. The number of esters is 1. The maximum Gasteiger partial charge on any atom is 0.338 e. The van der Waals surface area contributed by atoms with Gasteiger partial charge in [0.05, 0.1) is 17.1 Å². The molecule has 2 N–H and O–H groups in total. The summed E-state index contributed by atoms with van der Waals surface area (Å²) < 4.78 is 37.7. The van der Waals surface area contributed by atoms with Crippen LogP contribution in [0.15, 0.2) is 53.4 Å². The summed E-state index contributed by atoms with van der Waals surface area (Å²) in [7, 11) is -3.79. The number of carbonyl (C=O) groups excluding carboxylic acids is 2. The Morgan fingerprint density at radius 2 is 1.57 bits per heavy atom. The number of carbonyl (C=O) groups is 2. The van der Waals surface area contributed by atoms with E-state index >= 15 is 0 Å². The minimum absolute atomic E-state index is 0.0827. The predicted molar refractivity (Wildman–Crippen MR) is 113 cm³/mol. The van der Waals surface area contributed by atoms with Crippen molar-refractivity contribution in [1.82, 2.24) is 5.32 Å². The van der Waals surface area contributed by atoms with E-state index in [4.69, 9.17) is 9.47 Å². The summed E-state index contributed by atoms with van der Waals surface area (Å²) in [5.41, 5.74) is 0.0551.